The Bertz CT molecular complexity index is 2660. The summed E-state index contributed by atoms with van der Waals surface area (Å²) in [6.45, 7) is 28.4. The minimum atomic E-state index is 0.608. The molecule has 0 atom stereocenters. The van der Waals surface area contributed by atoms with Gasteiger partial charge in [-0.1, -0.05) is 178 Å². The summed E-state index contributed by atoms with van der Waals surface area (Å²) in [4.78, 5) is 0. The highest BCUT2D eigenvalue weighted by atomic mass is 15.0. The van der Waals surface area contributed by atoms with Crippen LogP contribution in [-0.4, -0.2) is 155 Å². The summed E-state index contributed by atoms with van der Waals surface area (Å²) < 4.78 is 0. The Labute approximate surface area is 759 Å². The smallest absolute Gasteiger partial charge is 0.0182 e. The molecule has 123 heavy (non-hydrogen) atoms. The summed E-state index contributed by atoms with van der Waals surface area (Å²) in [5.74, 6) is 0. The first-order valence-corrected chi connectivity index (χ1v) is 56.2. The lowest BCUT2D eigenvalue weighted by Crippen LogP contribution is -2.57. The van der Waals surface area contributed by atoms with Crippen molar-refractivity contribution in [2.24, 2.45) is 65.0 Å². The van der Waals surface area contributed by atoms with Gasteiger partial charge < -0.3 is 63.8 Å². The Morgan fingerprint density at radius 2 is 0.374 bits per heavy atom. The molecule has 706 valence electrons. The molecule has 28 rings (SSSR count). The number of piperidine rings is 3. The summed E-state index contributed by atoms with van der Waals surface area (Å²) in [7, 11) is 0. The summed E-state index contributed by atoms with van der Waals surface area (Å²) in [5.41, 5.74) is 10.8. The maximum atomic E-state index is 3.73. The van der Waals surface area contributed by atoms with E-state index in [2.05, 4.69) is 88.1 Å². The summed E-state index contributed by atoms with van der Waals surface area (Å²) in [5, 5.41) is 41.5. The van der Waals surface area contributed by atoms with Crippen LogP contribution >= 0.6 is 0 Å². The van der Waals surface area contributed by atoms with Crippen LogP contribution in [0.2, 0.25) is 0 Å². The van der Waals surface area contributed by atoms with Gasteiger partial charge in [-0.2, -0.15) is 0 Å². The van der Waals surface area contributed by atoms with Crippen LogP contribution in [0.15, 0.2) is 24.3 Å². The Kier molecular flexibility index (Phi) is 37.1. The van der Waals surface area contributed by atoms with Crippen LogP contribution in [0.1, 0.15) is 456 Å². The monoisotopic (exact) mass is 1700 g/mol. The minimum absolute atomic E-state index is 0.608. The molecule has 12 heteroatoms. The van der Waals surface area contributed by atoms with E-state index >= 15 is 0 Å². The van der Waals surface area contributed by atoms with Crippen molar-refractivity contribution in [1.29, 1.82) is 0 Å². The van der Waals surface area contributed by atoms with Gasteiger partial charge in [-0.3, -0.25) is 0 Å². The maximum Gasteiger partial charge on any atom is 0.0182 e. The molecule has 0 aromatic heterocycles. The fraction of sp³-hybridized carbons (Fsp3) is 0.964. The molecule has 0 aromatic carbocycles. The summed E-state index contributed by atoms with van der Waals surface area (Å²) in [6, 6.07) is 0. The highest BCUT2D eigenvalue weighted by Gasteiger charge is 2.47. The third kappa shape index (κ3) is 27.9. The first kappa shape index (κ1) is 96.6. The van der Waals surface area contributed by atoms with E-state index in [-0.39, 0.29) is 0 Å². The number of rotatable bonds is 0. The molecule has 28 aliphatic rings. The second-order valence-corrected chi connectivity index (χ2v) is 49.5. The van der Waals surface area contributed by atoms with Crippen molar-refractivity contribution < 1.29 is 0 Å². The Morgan fingerprint density at radius 3 is 0.618 bits per heavy atom. The van der Waals surface area contributed by atoms with Crippen molar-refractivity contribution in [3.63, 3.8) is 0 Å². The van der Waals surface area contributed by atoms with Gasteiger partial charge in [0.25, 0.3) is 0 Å². The standard InChI is InChI=1S/2C10H19N.C9H17N.C9H16.3C8H15N.C8H13N.C8H12.3C7H13N.2C6H11N/c1-2-6-10(5-1)7-3-4-8-11-9-10;1-2-6-10(7-3-1)8-4-5-9-11-10;1-2-4-9(5-3-1)6-7-10-8-9;1-2-5-9(6-3-1)7-4-8-9;1-3-8(4-1)5-2-6-9-7-8;1-2-8(3-1)4-6-9-7-5-8;2*1-2-4-8(3-1)5-6-9-7-8;1-2-5-8(4-1)6-3-7-8;1-3-7(4-1)5-2-6-8-7;1-2-7(3-1)4-5-8-6-7;1-2-4-7(3-1)5-8-6-7;2*1-2-6(3-1)4-7-5-6/h2*11H,1-9H2;10H,1-8H2;1-8H2;3*9H,1-7H2;1-2,9H,3-7H2;1,4H,2-3,5-7H2;3*8H,1-6H2;2*7H,1-5H2. The Hall–Kier alpha value is -1.00. The average Bonchev–Trinajstić information content (AvgIpc) is 1.78. The molecule has 12 nitrogen and oxygen atoms in total. The van der Waals surface area contributed by atoms with Gasteiger partial charge in [0, 0.05) is 89.6 Å². The molecule has 12 heterocycles. The number of hydrogen-bond donors (Lipinski definition) is 12. The van der Waals surface area contributed by atoms with Crippen molar-refractivity contribution in [2.75, 3.05) is 144 Å². The van der Waals surface area contributed by atoms with Gasteiger partial charge in [0.15, 0.2) is 0 Å². The van der Waals surface area contributed by atoms with Crippen molar-refractivity contribution in [2.45, 2.75) is 467 Å². The lowest BCUT2D eigenvalue weighted by atomic mass is 9.61. The van der Waals surface area contributed by atoms with Gasteiger partial charge in [-0.25, -0.2) is 0 Å². The van der Waals surface area contributed by atoms with Crippen molar-refractivity contribution in [3.8, 4) is 0 Å². The Morgan fingerprint density at radius 1 is 0.138 bits per heavy atom. The SMILES string of the molecule is C1=CC2(CC1)CCC2.C1=CCC2(C1)CCNC2.C1CC2(C1)CCNC2.C1CC2(C1)CCNCC2.C1CC2(C1)CNC2.C1CC2(C1)CNC2.C1CCC2(C1)CCNC2.C1CCC2(C1)CNC2.C1CCC2(CC1)CCC2.C1CCC2(CC1)CCCCN2.C1CCC2(CC1)CCNC2.C1CCC2(CCCC2)CNC1.C1CNC2(C1)CCC2.C1CNCC2(C1)CCC2. The van der Waals surface area contributed by atoms with Crippen molar-refractivity contribution >= 4 is 0 Å². The van der Waals surface area contributed by atoms with Crippen LogP contribution < -0.4 is 63.8 Å². The van der Waals surface area contributed by atoms with E-state index in [0.29, 0.717) is 16.5 Å². The zero-order valence-corrected chi connectivity index (χ0v) is 81.1. The maximum absolute atomic E-state index is 3.73. The summed E-state index contributed by atoms with van der Waals surface area (Å²) in [6.07, 6.45) is 114. The molecule has 0 aromatic rings. The van der Waals surface area contributed by atoms with Gasteiger partial charge in [0.2, 0.25) is 0 Å². The van der Waals surface area contributed by atoms with Crippen molar-refractivity contribution in [3.05, 3.63) is 24.3 Å². The molecule has 12 saturated heterocycles. The molecular formula is C111H202N12. The predicted molar refractivity (Wildman–Crippen MR) is 525 cm³/mol. The van der Waals surface area contributed by atoms with Crippen LogP contribution in [0.3, 0.4) is 0 Å². The lowest BCUT2D eigenvalue weighted by Gasteiger charge is -2.49. The minimum Gasteiger partial charge on any atom is -0.317 e. The lowest BCUT2D eigenvalue weighted by molar-refractivity contribution is 0.0603. The van der Waals surface area contributed by atoms with Gasteiger partial charge in [0.1, 0.15) is 0 Å². The highest BCUT2D eigenvalue weighted by Crippen LogP contribution is 2.54. The molecule has 0 radical (unpaired) electrons. The van der Waals surface area contributed by atoms with E-state index in [0.717, 1.165) is 59.6 Å². The molecular weight excluding hydrogens is 1500 g/mol. The molecule has 12 aliphatic heterocycles. The second kappa shape index (κ2) is 47.3. The van der Waals surface area contributed by atoms with Crippen LogP contribution in [0.4, 0.5) is 0 Å². The normalized spacial score (nSPS) is 31.9. The molecule has 0 bridgehead atoms. The average molecular weight is 1700 g/mol. The van der Waals surface area contributed by atoms with E-state index in [1.54, 1.807) is 25.7 Å². The second-order valence-electron chi connectivity index (χ2n) is 49.5. The quantitative estimate of drug-likeness (QED) is 0.105. The molecule has 0 amide bonds. The molecule has 0 unspecified atom stereocenters. The molecule has 12 N–H and O–H groups in total. The Balaban J connectivity index is 0.000000103. The fourth-order valence-electron chi connectivity index (χ4n) is 29.5. The third-order valence-corrected chi connectivity index (χ3v) is 40.6. The van der Waals surface area contributed by atoms with Gasteiger partial charge in [0.05, 0.1) is 0 Å². The van der Waals surface area contributed by atoms with E-state index in [1.807, 2.05) is 0 Å². The van der Waals surface area contributed by atoms with Gasteiger partial charge in [-0.15, -0.1) is 0 Å². The highest BCUT2D eigenvalue weighted by molar-refractivity contribution is 5.11. The van der Waals surface area contributed by atoms with E-state index in [4.69, 9.17) is 0 Å². The van der Waals surface area contributed by atoms with Crippen LogP contribution in [0, 0.1) is 65.0 Å². The largest absolute Gasteiger partial charge is 0.317 e. The molecule has 16 aliphatic carbocycles. The first-order chi connectivity index (χ1) is 60.3. The molecule has 26 fully saturated rings. The first-order valence-electron chi connectivity index (χ1n) is 56.2. The molecule has 14 spiro atoms. The van der Waals surface area contributed by atoms with E-state index < -0.39 is 0 Å². The zero-order valence-electron chi connectivity index (χ0n) is 81.1. The summed E-state index contributed by atoms with van der Waals surface area (Å²) >= 11 is 0. The van der Waals surface area contributed by atoms with Gasteiger partial charge >= 0.3 is 0 Å². The third-order valence-electron chi connectivity index (χ3n) is 40.6. The number of allylic oxidation sites excluding steroid dienone is 4. The number of nitrogens with one attached hydrogen (secondary N) is 12. The van der Waals surface area contributed by atoms with Crippen LogP contribution in [0.25, 0.3) is 0 Å². The van der Waals surface area contributed by atoms with Crippen molar-refractivity contribution in [1.82, 2.24) is 63.8 Å². The topological polar surface area (TPSA) is 144 Å². The van der Waals surface area contributed by atoms with E-state index in [1.165, 1.54) is 574 Å². The van der Waals surface area contributed by atoms with Crippen LogP contribution in [-0.2, 0) is 0 Å². The van der Waals surface area contributed by atoms with Gasteiger partial charge in [-0.05, 0) is 432 Å². The van der Waals surface area contributed by atoms with Crippen LogP contribution in [0.5, 0.6) is 0 Å². The predicted octanol–water partition coefficient (Wildman–Crippen LogP) is 23.4. The molecule has 14 saturated carbocycles. The van der Waals surface area contributed by atoms with E-state index in [9.17, 15) is 0 Å². The number of hydrogen-bond acceptors (Lipinski definition) is 12. The fourth-order valence-corrected chi connectivity index (χ4v) is 29.5. The zero-order chi connectivity index (χ0) is 84.1.